The van der Waals surface area contributed by atoms with Crippen LogP contribution in [0.5, 0.6) is 0 Å². The van der Waals surface area contributed by atoms with Crippen LogP contribution in [-0.2, 0) is 6.42 Å². The van der Waals surface area contributed by atoms with Crippen molar-refractivity contribution in [2.24, 2.45) is 0 Å². The van der Waals surface area contributed by atoms with E-state index in [0.29, 0.717) is 4.47 Å². The van der Waals surface area contributed by atoms with Crippen molar-refractivity contribution < 1.29 is 4.39 Å². The summed E-state index contributed by atoms with van der Waals surface area (Å²) in [7, 11) is 0. The third kappa shape index (κ3) is 3.90. The minimum absolute atomic E-state index is 0.0828. The van der Waals surface area contributed by atoms with Crippen LogP contribution in [-0.4, -0.2) is 6.54 Å². The number of nitrogens with one attached hydrogen (secondary N) is 1. The standard InChI is InChI=1S/C16H16Br2FN/c1-2-20-15(10-11-5-3-6-12(17)9-11)13-7-4-8-14(19)16(13)18/h3-9,15,20H,2,10H2,1H3. The maximum atomic E-state index is 13.7. The van der Waals surface area contributed by atoms with Crippen molar-refractivity contribution in [2.45, 2.75) is 19.4 Å². The minimum Gasteiger partial charge on any atom is -0.310 e. The second kappa shape index (κ2) is 7.34. The number of benzene rings is 2. The van der Waals surface area contributed by atoms with Crippen molar-refractivity contribution >= 4 is 31.9 Å². The molecule has 2 rings (SSSR count). The SMILES string of the molecule is CCNC(Cc1cccc(Br)c1)c1cccc(F)c1Br. The van der Waals surface area contributed by atoms with Crippen LogP contribution in [0.15, 0.2) is 51.4 Å². The van der Waals surface area contributed by atoms with E-state index in [1.807, 2.05) is 18.2 Å². The number of hydrogen-bond acceptors (Lipinski definition) is 1. The zero-order chi connectivity index (χ0) is 14.5. The van der Waals surface area contributed by atoms with Crippen LogP contribution in [0.25, 0.3) is 0 Å². The van der Waals surface area contributed by atoms with E-state index in [4.69, 9.17) is 0 Å². The molecule has 0 radical (unpaired) electrons. The first-order chi connectivity index (χ1) is 9.61. The van der Waals surface area contributed by atoms with Gasteiger partial charge in [-0.25, -0.2) is 4.39 Å². The molecule has 0 amide bonds. The molecule has 2 aromatic carbocycles. The molecule has 0 aromatic heterocycles. The topological polar surface area (TPSA) is 12.0 Å². The Kier molecular flexibility index (Phi) is 5.75. The first-order valence-electron chi connectivity index (χ1n) is 6.53. The highest BCUT2D eigenvalue weighted by molar-refractivity contribution is 9.10. The molecule has 1 nitrogen and oxygen atoms in total. The van der Waals surface area contributed by atoms with E-state index >= 15 is 0 Å². The van der Waals surface area contributed by atoms with Gasteiger partial charge in [0.2, 0.25) is 0 Å². The summed E-state index contributed by atoms with van der Waals surface area (Å²) < 4.78 is 15.3. The van der Waals surface area contributed by atoms with Gasteiger partial charge in [-0.1, -0.05) is 47.1 Å². The molecule has 1 atom stereocenters. The molecule has 0 aliphatic heterocycles. The van der Waals surface area contributed by atoms with Crippen molar-refractivity contribution in [3.63, 3.8) is 0 Å². The molecule has 0 saturated carbocycles. The van der Waals surface area contributed by atoms with E-state index in [1.165, 1.54) is 11.6 Å². The third-order valence-corrected chi connectivity index (χ3v) is 4.47. The largest absolute Gasteiger partial charge is 0.310 e. The summed E-state index contributed by atoms with van der Waals surface area (Å²) in [5.74, 6) is -0.223. The Hall–Kier alpha value is -0.710. The zero-order valence-corrected chi connectivity index (χ0v) is 14.3. The zero-order valence-electron chi connectivity index (χ0n) is 11.2. The lowest BCUT2D eigenvalue weighted by molar-refractivity contribution is 0.538. The summed E-state index contributed by atoms with van der Waals surface area (Å²) in [5, 5.41) is 3.42. The normalized spacial score (nSPS) is 12.4. The minimum atomic E-state index is -0.223. The van der Waals surface area contributed by atoms with Crippen LogP contribution >= 0.6 is 31.9 Å². The fourth-order valence-corrected chi connectivity index (χ4v) is 3.22. The molecule has 2 aromatic rings. The summed E-state index contributed by atoms with van der Waals surface area (Å²) in [5.41, 5.74) is 2.16. The van der Waals surface area contributed by atoms with Crippen LogP contribution in [0, 0.1) is 5.82 Å². The Morgan fingerprint density at radius 3 is 2.60 bits per heavy atom. The van der Waals surface area contributed by atoms with Gasteiger partial charge in [0.15, 0.2) is 0 Å². The van der Waals surface area contributed by atoms with Gasteiger partial charge in [0.1, 0.15) is 5.82 Å². The monoisotopic (exact) mass is 399 g/mol. The molecule has 106 valence electrons. The van der Waals surface area contributed by atoms with Gasteiger partial charge in [0, 0.05) is 10.5 Å². The number of rotatable bonds is 5. The Bertz CT molecular complexity index is 586. The second-order valence-electron chi connectivity index (χ2n) is 4.59. The quantitative estimate of drug-likeness (QED) is 0.723. The fraction of sp³-hybridized carbons (Fsp3) is 0.250. The Morgan fingerprint density at radius 2 is 1.90 bits per heavy atom. The first-order valence-corrected chi connectivity index (χ1v) is 8.12. The Morgan fingerprint density at radius 1 is 1.15 bits per heavy atom. The lowest BCUT2D eigenvalue weighted by Crippen LogP contribution is -2.23. The Labute approximate surface area is 135 Å². The van der Waals surface area contributed by atoms with Crippen molar-refractivity contribution in [2.75, 3.05) is 6.54 Å². The number of halogens is 3. The van der Waals surface area contributed by atoms with Crippen LogP contribution in [0.3, 0.4) is 0 Å². The highest BCUT2D eigenvalue weighted by Gasteiger charge is 2.16. The fourth-order valence-electron chi connectivity index (χ4n) is 2.23. The van der Waals surface area contributed by atoms with Crippen molar-refractivity contribution in [1.29, 1.82) is 0 Å². The van der Waals surface area contributed by atoms with Crippen LogP contribution in [0.2, 0.25) is 0 Å². The van der Waals surface area contributed by atoms with Gasteiger partial charge < -0.3 is 5.32 Å². The van der Waals surface area contributed by atoms with E-state index in [9.17, 15) is 4.39 Å². The van der Waals surface area contributed by atoms with E-state index in [-0.39, 0.29) is 11.9 Å². The van der Waals surface area contributed by atoms with Gasteiger partial charge >= 0.3 is 0 Å². The molecule has 4 heteroatoms. The summed E-state index contributed by atoms with van der Waals surface area (Å²) >= 11 is 6.84. The predicted molar refractivity (Wildman–Crippen MR) is 88.4 cm³/mol. The predicted octanol–water partition coefficient (Wildman–Crippen LogP) is 5.24. The van der Waals surface area contributed by atoms with E-state index in [1.54, 1.807) is 6.07 Å². The summed E-state index contributed by atoms with van der Waals surface area (Å²) in [6, 6.07) is 13.5. The van der Waals surface area contributed by atoms with Crippen LogP contribution in [0.4, 0.5) is 4.39 Å². The molecule has 1 N–H and O–H groups in total. The molecule has 0 saturated heterocycles. The smallest absolute Gasteiger partial charge is 0.137 e. The molecular formula is C16H16Br2FN. The van der Waals surface area contributed by atoms with E-state index < -0.39 is 0 Å². The lowest BCUT2D eigenvalue weighted by atomic mass is 9.98. The average Bonchev–Trinajstić information content (AvgIpc) is 2.42. The Balaban J connectivity index is 2.29. The molecule has 0 aliphatic rings. The van der Waals surface area contributed by atoms with Crippen molar-refractivity contribution in [3.8, 4) is 0 Å². The van der Waals surface area contributed by atoms with Gasteiger partial charge in [0.25, 0.3) is 0 Å². The molecule has 0 spiro atoms. The average molecular weight is 401 g/mol. The molecule has 1 unspecified atom stereocenters. The summed E-state index contributed by atoms with van der Waals surface area (Å²) in [6.45, 7) is 2.89. The maximum absolute atomic E-state index is 13.7. The van der Waals surface area contributed by atoms with Crippen molar-refractivity contribution in [3.05, 3.63) is 68.4 Å². The summed E-state index contributed by atoms with van der Waals surface area (Å²) in [4.78, 5) is 0. The van der Waals surface area contributed by atoms with Crippen molar-refractivity contribution in [1.82, 2.24) is 5.32 Å². The lowest BCUT2D eigenvalue weighted by Gasteiger charge is -2.20. The molecule has 0 fully saturated rings. The maximum Gasteiger partial charge on any atom is 0.137 e. The van der Waals surface area contributed by atoms with Crippen LogP contribution < -0.4 is 5.32 Å². The van der Waals surface area contributed by atoms with E-state index in [0.717, 1.165) is 23.0 Å². The highest BCUT2D eigenvalue weighted by Crippen LogP contribution is 2.28. The first kappa shape index (κ1) is 15.7. The molecule has 0 heterocycles. The molecule has 0 bridgehead atoms. The van der Waals surface area contributed by atoms with Gasteiger partial charge in [-0.3, -0.25) is 0 Å². The third-order valence-electron chi connectivity index (χ3n) is 3.14. The second-order valence-corrected chi connectivity index (χ2v) is 6.30. The van der Waals surface area contributed by atoms with E-state index in [2.05, 4.69) is 56.2 Å². The van der Waals surface area contributed by atoms with Gasteiger partial charge in [-0.2, -0.15) is 0 Å². The molecule has 0 aliphatic carbocycles. The molecular weight excluding hydrogens is 385 g/mol. The number of likely N-dealkylation sites (N-methyl/N-ethyl adjacent to an activating group) is 1. The van der Waals surface area contributed by atoms with Gasteiger partial charge in [-0.05, 0) is 58.2 Å². The highest BCUT2D eigenvalue weighted by atomic mass is 79.9. The van der Waals surface area contributed by atoms with Gasteiger partial charge in [-0.15, -0.1) is 0 Å². The number of hydrogen-bond donors (Lipinski definition) is 1. The molecule has 20 heavy (non-hydrogen) atoms. The van der Waals surface area contributed by atoms with Gasteiger partial charge in [0.05, 0.1) is 4.47 Å². The summed E-state index contributed by atoms with van der Waals surface area (Å²) in [6.07, 6.45) is 0.815. The van der Waals surface area contributed by atoms with Crippen LogP contribution in [0.1, 0.15) is 24.1 Å².